The van der Waals surface area contributed by atoms with Gasteiger partial charge in [0.15, 0.2) is 0 Å². The first kappa shape index (κ1) is 23.2. The molecule has 2 heterocycles. The van der Waals surface area contributed by atoms with Crippen LogP contribution in [0.1, 0.15) is 0 Å². The minimum atomic E-state index is 0.780. The Morgan fingerprint density at radius 2 is 0.806 bits per heavy atom. The maximum absolute atomic E-state index is 5.82. The highest BCUT2D eigenvalue weighted by molar-refractivity contribution is 6.09. The molecule has 1 fully saturated rings. The van der Waals surface area contributed by atoms with Crippen LogP contribution in [0.4, 0.5) is 34.1 Å². The van der Waals surface area contributed by atoms with E-state index in [1.807, 2.05) is 60.7 Å². The van der Waals surface area contributed by atoms with Crippen molar-refractivity contribution < 1.29 is 0 Å². The SMILES string of the molecule is Cn1c2ccc(N)cc2c2cc(N)ccc21.Nc1ccc(N2CCN(c3ccc(N)cc3)CC2)cc1. The molecule has 6 rings (SSSR count). The van der Waals surface area contributed by atoms with Gasteiger partial charge in [-0.05, 0) is 84.9 Å². The van der Waals surface area contributed by atoms with Crippen LogP contribution < -0.4 is 32.7 Å². The monoisotopic (exact) mass is 479 g/mol. The van der Waals surface area contributed by atoms with Crippen LogP contribution in [0, 0.1) is 0 Å². The van der Waals surface area contributed by atoms with E-state index >= 15 is 0 Å². The zero-order valence-electron chi connectivity index (χ0n) is 20.6. The van der Waals surface area contributed by atoms with E-state index in [0.29, 0.717) is 0 Å². The van der Waals surface area contributed by atoms with Gasteiger partial charge in [0.1, 0.15) is 0 Å². The van der Waals surface area contributed by atoms with E-state index < -0.39 is 0 Å². The van der Waals surface area contributed by atoms with Gasteiger partial charge in [-0.1, -0.05) is 0 Å². The Labute approximate surface area is 211 Å². The number of benzene rings is 4. The van der Waals surface area contributed by atoms with Crippen molar-refractivity contribution >= 4 is 55.9 Å². The topological polar surface area (TPSA) is 115 Å². The van der Waals surface area contributed by atoms with E-state index in [2.05, 4.69) is 45.7 Å². The maximum Gasteiger partial charge on any atom is 0.0490 e. The summed E-state index contributed by atoms with van der Waals surface area (Å²) in [5.74, 6) is 0. The van der Waals surface area contributed by atoms with Gasteiger partial charge >= 0.3 is 0 Å². The van der Waals surface area contributed by atoms with E-state index in [0.717, 1.165) is 59.7 Å². The van der Waals surface area contributed by atoms with Crippen LogP contribution in [0.2, 0.25) is 0 Å². The van der Waals surface area contributed by atoms with E-state index in [4.69, 9.17) is 22.9 Å². The van der Waals surface area contributed by atoms with Crippen LogP contribution in [0.5, 0.6) is 0 Å². The molecule has 4 aromatic carbocycles. The first-order valence-electron chi connectivity index (χ1n) is 12.1. The molecular weight excluding hydrogens is 446 g/mol. The summed E-state index contributed by atoms with van der Waals surface area (Å²) in [7, 11) is 2.05. The largest absolute Gasteiger partial charge is 0.399 e. The number of rotatable bonds is 2. The summed E-state index contributed by atoms with van der Waals surface area (Å²) in [4.78, 5) is 4.79. The number of fused-ring (bicyclic) bond motifs is 3. The van der Waals surface area contributed by atoms with Crippen molar-refractivity contribution in [1.82, 2.24) is 4.57 Å². The Balaban J connectivity index is 0.000000152. The van der Waals surface area contributed by atoms with E-state index in [1.165, 1.54) is 22.4 Å². The lowest BCUT2D eigenvalue weighted by Gasteiger charge is -2.37. The van der Waals surface area contributed by atoms with Crippen LogP contribution in [-0.4, -0.2) is 30.7 Å². The van der Waals surface area contributed by atoms with Crippen molar-refractivity contribution in [2.45, 2.75) is 0 Å². The fourth-order valence-corrected chi connectivity index (χ4v) is 4.85. The van der Waals surface area contributed by atoms with E-state index in [9.17, 15) is 0 Å². The summed E-state index contributed by atoms with van der Waals surface area (Å²) in [6.45, 7) is 4.09. The highest BCUT2D eigenvalue weighted by atomic mass is 15.3. The Morgan fingerprint density at radius 1 is 0.472 bits per heavy atom. The molecule has 0 radical (unpaired) electrons. The second-order valence-electron chi connectivity index (χ2n) is 9.27. The third kappa shape index (κ3) is 4.68. The molecule has 8 N–H and O–H groups in total. The lowest BCUT2D eigenvalue weighted by atomic mass is 10.1. The van der Waals surface area contributed by atoms with Crippen LogP contribution in [0.25, 0.3) is 21.8 Å². The maximum atomic E-state index is 5.82. The summed E-state index contributed by atoms with van der Waals surface area (Å²) in [5, 5.41) is 2.31. The normalized spacial score (nSPS) is 13.6. The number of nitrogens with two attached hydrogens (primary N) is 4. The number of nitrogens with zero attached hydrogens (tertiary/aromatic N) is 3. The molecule has 0 spiro atoms. The van der Waals surface area contributed by atoms with Gasteiger partial charge in [0, 0.05) is 89.2 Å². The van der Waals surface area contributed by atoms with Gasteiger partial charge < -0.3 is 37.3 Å². The lowest BCUT2D eigenvalue weighted by Crippen LogP contribution is -2.46. The smallest absolute Gasteiger partial charge is 0.0490 e. The van der Waals surface area contributed by atoms with Gasteiger partial charge in [-0.15, -0.1) is 0 Å². The predicted molar refractivity (Wildman–Crippen MR) is 155 cm³/mol. The predicted octanol–water partition coefficient (Wildman–Crippen LogP) is 4.67. The van der Waals surface area contributed by atoms with Crippen LogP contribution >= 0.6 is 0 Å². The van der Waals surface area contributed by atoms with E-state index in [1.54, 1.807) is 0 Å². The molecule has 0 bridgehead atoms. The molecule has 1 saturated heterocycles. The molecule has 0 unspecified atom stereocenters. The van der Waals surface area contributed by atoms with Gasteiger partial charge in [0.2, 0.25) is 0 Å². The minimum absolute atomic E-state index is 0.780. The molecule has 0 saturated carbocycles. The van der Waals surface area contributed by atoms with Gasteiger partial charge in [0.25, 0.3) is 0 Å². The standard InChI is InChI=1S/C16H20N4.C13H13N3/c17-13-1-5-15(6-2-13)19-9-11-20(12-10-19)16-7-3-14(18)4-8-16;1-16-12-4-2-8(14)6-10(12)11-7-9(15)3-5-13(11)16/h1-8H,9-12,17-18H2;2-7H,14-15H2,1H3. The third-order valence-corrected chi connectivity index (χ3v) is 6.85. The molecular formula is C29H33N7. The molecule has 7 heteroatoms. The van der Waals surface area contributed by atoms with Crippen molar-refractivity contribution in [1.29, 1.82) is 0 Å². The number of piperazine rings is 1. The van der Waals surface area contributed by atoms with Crippen LogP contribution in [0.15, 0.2) is 84.9 Å². The zero-order chi connectivity index (χ0) is 25.2. The molecule has 5 aromatic rings. The summed E-state index contributed by atoms with van der Waals surface area (Å²) >= 11 is 0. The van der Waals surface area contributed by atoms with Crippen molar-refractivity contribution in [2.75, 3.05) is 58.9 Å². The third-order valence-electron chi connectivity index (χ3n) is 6.85. The summed E-state index contributed by atoms with van der Waals surface area (Å²) in [5.41, 5.74) is 31.1. The zero-order valence-corrected chi connectivity index (χ0v) is 20.6. The highest BCUT2D eigenvalue weighted by Crippen LogP contribution is 2.30. The summed E-state index contributed by atoms with van der Waals surface area (Å²) in [6.07, 6.45) is 0. The summed E-state index contributed by atoms with van der Waals surface area (Å²) < 4.78 is 2.16. The van der Waals surface area contributed by atoms with Crippen molar-refractivity contribution in [3.05, 3.63) is 84.9 Å². The first-order valence-corrected chi connectivity index (χ1v) is 12.1. The molecule has 0 aliphatic carbocycles. The average Bonchev–Trinajstić information content (AvgIpc) is 3.16. The second-order valence-corrected chi connectivity index (χ2v) is 9.27. The van der Waals surface area contributed by atoms with Crippen molar-refractivity contribution in [3.63, 3.8) is 0 Å². The lowest BCUT2D eigenvalue weighted by molar-refractivity contribution is 0.653. The number of hydrogen-bond acceptors (Lipinski definition) is 6. The molecule has 0 atom stereocenters. The van der Waals surface area contributed by atoms with Gasteiger partial charge in [-0.2, -0.15) is 0 Å². The van der Waals surface area contributed by atoms with Crippen LogP contribution in [-0.2, 0) is 7.05 Å². The molecule has 0 amide bonds. The number of anilines is 6. The molecule has 36 heavy (non-hydrogen) atoms. The van der Waals surface area contributed by atoms with Crippen LogP contribution in [0.3, 0.4) is 0 Å². The first-order chi connectivity index (χ1) is 17.4. The minimum Gasteiger partial charge on any atom is -0.399 e. The Morgan fingerprint density at radius 3 is 1.17 bits per heavy atom. The van der Waals surface area contributed by atoms with Gasteiger partial charge in [0.05, 0.1) is 0 Å². The van der Waals surface area contributed by atoms with Crippen molar-refractivity contribution in [3.8, 4) is 0 Å². The second kappa shape index (κ2) is 9.62. The van der Waals surface area contributed by atoms with Gasteiger partial charge in [-0.3, -0.25) is 0 Å². The van der Waals surface area contributed by atoms with Gasteiger partial charge in [-0.25, -0.2) is 0 Å². The Hall–Kier alpha value is -4.52. The molecule has 1 aromatic heterocycles. The Bertz CT molecular complexity index is 1370. The highest BCUT2D eigenvalue weighted by Gasteiger charge is 2.17. The fraction of sp³-hybridized carbons (Fsp3) is 0.172. The van der Waals surface area contributed by atoms with Crippen molar-refractivity contribution in [2.24, 2.45) is 7.05 Å². The molecule has 1 aliphatic rings. The molecule has 1 aliphatic heterocycles. The molecule has 7 nitrogen and oxygen atoms in total. The van der Waals surface area contributed by atoms with E-state index in [-0.39, 0.29) is 0 Å². The molecule has 184 valence electrons. The Kier molecular flexibility index (Phi) is 6.21. The number of nitrogen functional groups attached to an aromatic ring is 4. The average molecular weight is 480 g/mol. The number of aryl methyl sites for hydroxylation is 1. The summed E-state index contributed by atoms with van der Waals surface area (Å²) in [6, 6.07) is 28.1. The fourth-order valence-electron chi connectivity index (χ4n) is 4.85. The number of aromatic nitrogens is 1. The quantitative estimate of drug-likeness (QED) is 0.273. The number of hydrogen-bond donors (Lipinski definition) is 4.